The summed E-state index contributed by atoms with van der Waals surface area (Å²) < 4.78 is 32.8. The van der Waals surface area contributed by atoms with E-state index in [1.807, 2.05) is 44.2 Å². The topological polar surface area (TPSA) is 84.5 Å². The average molecular weight is 439 g/mol. The minimum atomic E-state index is -3.60. The Labute approximate surface area is 177 Å². The molecule has 2 aromatic carbocycles. The summed E-state index contributed by atoms with van der Waals surface area (Å²) in [6.07, 6.45) is -0.116. The molecule has 0 radical (unpaired) electrons. The van der Waals surface area contributed by atoms with Gasteiger partial charge in [-0.25, -0.2) is 17.9 Å². The van der Waals surface area contributed by atoms with Crippen LogP contribution < -0.4 is 10.0 Å². The van der Waals surface area contributed by atoms with Crippen LogP contribution in [0.4, 0.5) is 4.79 Å². The molecule has 29 heavy (non-hydrogen) atoms. The van der Waals surface area contributed by atoms with E-state index in [1.54, 1.807) is 24.3 Å². The van der Waals surface area contributed by atoms with E-state index in [0.717, 1.165) is 11.1 Å². The van der Waals surface area contributed by atoms with Crippen molar-refractivity contribution >= 4 is 27.7 Å². The summed E-state index contributed by atoms with van der Waals surface area (Å²) in [4.78, 5) is 12.1. The SMILES string of the molecule is CC(C)C[C@@H](CS(=O)(=O)NCc1ccc(Cl)cc1)NC(=O)OCc1ccccc1. The van der Waals surface area contributed by atoms with Gasteiger partial charge in [0.15, 0.2) is 0 Å². The largest absolute Gasteiger partial charge is 0.445 e. The van der Waals surface area contributed by atoms with Crippen molar-refractivity contribution in [2.45, 2.75) is 39.5 Å². The molecule has 0 aliphatic rings. The fraction of sp³-hybridized carbons (Fsp3) is 0.381. The van der Waals surface area contributed by atoms with E-state index in [-0.39, 0.29) is 24.8 Å². The Morgan fingerprint density at radius 2 is 1.69 bits per heavy atom. The number of ether oxygens (including phenoxy) is 1. The highest BCUT2D eigenvalue weighted by atomic mass is 35.5. The zero-order valence-corrected chi connectivity index (χ0v) is 18.2. The first-order valence-corrected chi connectivity index (χ1v) is 11.5. The molecule has 2 N–H and O–H groups in total. The predicted molar refractivity (Wildman–Crippen MR) is 115 cm³/mol. The Kier molecular flexibility index (Phi) is 8.95. The second kappa shape index (κ2) is 11.2. The molecular weight excluding hydrogens is 412 g/mol. The third-order valence-corrected chi connectivity index (χ3v) is 5.80. The highest BCUT2D eigenvalue weighted by molar-refractivity contribution is 7.89. The Balaban J connectivity index is 1.90. The quantitative estimate of drug-likeness (QED) is 0.584. The number of amides is 1. The van der Waals surface area contributed by atoms with Crippen LogP contribution in [0.3, 0.4) is 0 Å². The fourth-order valence-electron chi connectivity index (χ4n) is 2.79. The highest BCUT2D eigenvalue weighted by Gasteiger charge is 2.22. The number of nitrogens with one attached hydrogen (secondary N) is 2. The molecule has 8 heteroatoms. The standard InChI is InChI=1S/C21H27ClN2O4S/c1-16(2)12-20(24-21(25)28-14-18-6-4-3-5-7-18)15-29(26,27)23-13-17-8-10-19(22)11-9-17/h3-11,16,20,23H,12-15H2,1-2H3,(H,24,25)/t20-/m0/s1. The summed E-state index contributed by atoms with van der Waals surface area (Å²) in [5.74, 6) is -0.0139. The summed E-state index contributed by atoms with van der Waals surface area (Å²) in [6, 6.07) is 15.7. The molecule has 0 bridgehead atoms. The van der Waals surface area contributed by atoms with Crippen LogP contribution in [0, 0.1) is 5.92 Å². The maximum Gasteiger partial charge on any atom is 0.407 e. The van der Waals surface area contributed by atoms with Gasteiger partial charge in [-0.3, -0.25) is 0 Å². The van der Waals surface area contributed by atoms with E-state index in [4.69, 9.17) is 16.3 Å². The van der Waals surface area contributed by atoms with Crippen molar-refractivity contribution in [3.05, 3.63) is 70.7 Å². The number of carbonyl (C=O) groups is 1. The van der Waals surface area contributed by atoms with E-state index in [1.165, 1.54) is 0 Å². The lowest BCUT2D eigenvalue weighted by Gasteiger charge is -2.20. The molecule has 1 amide bonds. The summed E-state index contributed by atoms with van der Waals surface area (Å²) in [7, 11) is -3.60. The molecule has 2 aromatic rings. The van der Waals surface area contributed by atoms with Crippen molar-refractivity contribution in [2.75, 3.05) is 5.75 Å². The van der Waals surface area contributed by atoms with Crippen LogP contribution >= 0.6 is 11.6 Å². The van der Waals surface area contributed by atoms with Gasteiger partial charge in [0.05, 0.1) is 5.75 Å². The van der Waals surface area contributed by atoms with E-state index in [2.05, 4.69) is 10.0 Å². The minimum Gasteiger partial charge on any atom is -0.445 e. The number of halogens is 1. The monoisotopic (exact) mass is 438 g/mol. The first-order valence-electron chi connectivity index (χ1n) is 9.42. The number of carbonyl (C=O) groups excluding carboxylic acids is 1. The van der Waals surface area contributed by atoms with Crippen LogP contribution in [0.5, 0.6) is 0 Å². The van der Waals surface area contributed by atoms with Gasteiger partial charge in [0.25, 0.3) is 0 Å². The highest BCUT2D eigenvalue weighted by Crippen LogP contribution is 2.11. The molecule has 2 rings (SSSR count). The predicted octanol–water partition coefficient (Wildman–Crippen LogP) is 4.10. The molecular formula is C21H27ClN2O4S. The van der Waals surface area contributed by atoms with Gasteiger partial charge in [-0.1, -0.05) is 67.9 Å². The lowest BCUT2D eigenvalue weighted by molar-refractivity contribution is 0.135. The first kappa shape index (κ1) is 23.2. The Bertz CT molecular complexity index is 871. The second-order valence-corrected chi connectivity index (χ2v) is 9.55. The van der Waals surface area contributed by atoms with Crippen molar-refractivity contribution in [1.29, 1.82) is 0 Å². The summed E-state index contributed by atoms with van der Waals surface area (Å²) >= 11 is 5.84. The van der Waals surface area contributed by atoms with E-state index >= 15 is 0 Å². The minimum absolute atomic E-state index is 0.128. The number of alkyl carbamates (subject to hydrolysis) is 1. The smallest absolute Gasteiger partial charge is 0.407 e. The summed E-state index contributed by atoms with van der Waals surface area (Å²) in [6.45, 7) is 4.23. The molecule has 0 heterocycles. The van der Waals surface area contributed by atoms with Gasteiger partial charge < -0.3 is 10.1 Å². The van der Waals surface area contributed by atoms with Crippen molar-refractivity contribution in [2.24, 2.45) is 5.92 Å². The molecule has 0 aromatic heterocycles. The third kappa shape index (κ3) is 9.30. The maximum atomic E-state index is 12.5. The molecule has 0 aliphatic heterocycles. The number of hydrogen-bond donors (Lipinski definition) is 2. The van der Waals surface area contributed by atoms with Crippen molar-refractivity contribution < 1.29 is 17.9 Å². The first-order chi connectivity index (χ1) is 13.7. The summed E-state index contributed by atoms with van der Waals surface area (Å²) in [5, 5.41) is 3.27. The molecule has 0 unspecified atom stereocenters. The van der Waals surface area contributed by atoms with Crippen LogP contribution in [0.15, 0.2) is 54.6 Å². The zero-order chi connectivity index (χ0) is 21.3. The number of hydrogen-bond acceptors (Lipinski definition) is 4. The number of sulfonamides is 1. The van der Waals surface area contributed by atoms with Gasteiger partial charge in [0, 0.05) is 17.6 Å². The fourth-order valence-corrected chi connectivity index (χ4v) is 4.17. The van der Waals surface area contributed by atoms with Crippen molar-refractivity contribution in [1.82, 2.24) is 10.0 Å². The molecule has 0 saturated heterocycles. The van der Waals surface area contributed by atoms with Gasteiger partial charge in [0.1, 0.15) is 6.61 Å². The zero-order valence-electron chi connectivity index (χ0n) is 16.6. The van der Waals surface area contributed by atoms with Crippen LogP contribution in [0.25, 0.3) is 0 Å². The van der Waals surface area contributed by atoms with Crippen LogP contribution in [-0.4, -0.2) is 26.3 Å². The van der Waals surface area contributed by atoms with Gasteiger partial charge in [-0.15, -0.1) is 0 Å². The normalized spacial score (nSPS) is 12.6. The van der Waals surface area contributed by atoms with E-state index in [0.29, 0.717) is 11.4 Å². The lowest BCUT2D eigenvalue weighted by atomic mass is 10.1. The lowest BCUT2D eigenvalue weighted by Crippen LogP contribution is -2.43. The Hall–Kier alpha value is -2.09. The van der Waals surface area contributed by atoms with Crippen LogP contribution in [-0.2, 0) is 27.9 Å². The van der Waals surface area contributed by atoms with Crippen LogP contribution in [0.1, 0.15) is 31.4 Å². The Morgan fingerprint density at radius 1 is 1.03 bits per heavy atom. The van der Waals surface area contributed by atoms with Gasteiger partial charge >= 0.3 is 6.09 Å². The van der Waals surface area contributed by atoms with Crippen molar-refractivity contribution in [3.63, 3.8) is 0 Å². The number of benzene rings is 2. The average Bonchev–Trinajstić information content (AvgIpc) is 2.66. The van der Waals surface area contributed by atoms with Gasteiger partial charge in [-0.2, -0.15) is 0 Å². The molecule has 0 saturated carbocycles. The van der Waals surface area contributed by atoms with Gasteiger partial charge in [-0.05, 0) is 35.6 Å². The molecule has 1 atom stereocenters. The van der Waals surface area contributed by atoms with E-state index in [9.17, 15) is 13.2 Å². The molecule has 6 nitrogen and oxygen atoms in total. The maximum absolute atomic E-state index is 12.5. The molecule has 0 fully saturated rings. The Morgan fingerprint density at radius 3 is 2.31 bits per heavy atom. The third-order valence-electron chi connectivity index (χ3n) is 4.12. The summed E-state index contributed by atoms with van der Waals surface area (Å²) in [5.41, 5.74) is 1.66. The van der Waals surface area contributed by atoms with E-state index < -0.39 is 22.2 Å². The molecule has 158 valence electrons. The number of rotatable bonds is 10. The molecule has 0 spiro atoms. The van der Waals surface area contributed by atoms with Crippen molar-refractivity contribution in [3.8, 4) is 0 Å². The molecule has 0 aliphatic carbocycles. The van der Waals surface area contributed by atoms with Crippen LogP contribution in [0.2, 0.25) is 5.02 Å². The van der Waals surface area contributed by atoms with Gasteiger partial charge in [0.2, 0.25) is 10.0 Å². The second-order valence-electron chi connectivity index (χ2n) is 7.26.